The number of hydrogen-bond donors (Lipinski definition) is 2. The molecule has 18 heavy (non-hydrogen) atoms. The van der Waals surface area contributed by atoms with Crippen LogP contribution in [0.1, 0.15) is 42.9 Å². The van der Waals surface area contributed by atoms with Crippen molar-refractivity contribution in [3.8, 4) is 0 Å². The minimum absolute atomic E-state index is 0.174. The standard InChI is InChI=1S/C16H21NO/c18-14-9-12-3-1-2-4-13(12)16(14)17-15(10-5-6-10)11-7-8-11/h1-4,10-11,14-18H,5-9H2/t14-,16+/m0/s1. The third-order valence-electron chi connectivity index (χ3n) is 4.84. The maximum Gasteiger partial charge on any atom is 0.0775 e. The van der Waals surface area contributed by atoms with Crippen molar-refractivity contribution >= 4 is 0 Å². The van der Waals surface area contributed by atoms with E-state index in [-0.39, 0.29) is 12.1 Å². The van der Waals surface area contributed by atoms with Crippen molar-refractivity contribution in [1.29, 1.82) is 0 Å². The van der Waals surface area contributed by atoms with Gasteiger partial charge >= 0.3 is 0 Å². The van der Waals surface area contributed by atoms with Gasteiger partial charge in [-0.15, -0.1) is 0 Å². The molecule has 2 atom stereocenters. The zero-order chi connectivity index (χ0) is 12.1. The van der Waals surface area contributed by atoms with Gasteiger partial charge in [-0.2, -0.15) is 0 Å². The number of benzene rings is 1. The number of aliphatic hydroxyl groups excluding tert-OH is 1. The second-order valence-electron chi connectivity index (χ2n) is 6.32. The first-order valence-corrected chi connectivity index (χ1v) is 7.35. The highest BCUT2D eigenvalue weighted by molar-refractivity contribution is 5.36. The Morgan fingerprint density at radius 3 is 2.39 bits per heavy atom. The zero-order valence-corrected chi connectivity index (χ0v) is 10.7. The van der Waals surface area contributed by atoms with E-state index >= 15 is 0 Å². The molecule has 2 nitrogen and oxygen atoms in total. The summed E-state index contributed by atoms with van der Waals surface area (Å²) in [6.07, 6.45) is 6.13. The van der Waals surface area contributed by atoms with Gasteiger partial charge in [0.25, 0.3) is 0 Å². The van der Waals surface area contributed by atoms with E-state index in [1.165, 1.54) is 36.8 Å². The van der Waals surface area contributed by atoms with Crippen LogP contribution >= 0.6 is 0 Å². The molecule has 0 radical (unpaired) electrons. The number of fused-ring (bicyclic) bond motifs is 1. The zero-order valence-electron chi connectivity index (χ0n) is 10.7. The van der Waals surface area contributed by atoms with Crippen molar-refractivity contribution in [3.63, 3.8) is 0 Å². The molecule has 0 aromatic heterocycles. The molecule has 0 heterocycles. The van der Waals surface area contributed by atoms with E-state index in [0.29, 0.717) is 6.04 Å². The molecule has 2 N–H and O–H groups in total. The fourth-order valence-corrected chi connectivity index (χ4v) is 3.55. The Hall–Kier alpha value is -0.860. The molecule has 1 aromatic carbocycles. The van der Waals surface area contributed by atoms with Crippen molar-refractivity contribution in [2.45, 2.75) is 50.3 Å². The Bertz CT molecular complexity index is 438. The van der Waals surface area contributed by atoms with E-state index in [1.54, 1.807) is 0 Å². The fourth-order valence-electron chi connectivity index (χ4n) is 3.55. The Morgan fingerprint density at radius 2 is 1.72 bits per heavy atom. The third-order valence-corrected chi connectivity index (χ3v) is 4.84. The molecule has 3 aliphatic rings. The summed E-state index contributed by atoms with van der Waals surface area (Å²) in [5, 5.41) is 14.1. The van der Waals surface area contributed by atoms with Crippen LogP contribution in [-0.2, 0) is 6.42 Å². The molecule has 2 saturated carbocycles. The van der Waals surface area contributed by atoms with Gasteiger partial charge in [-0.05, 0) is 48.6 Å². The largest absolute Gasteiger partial charge is 0.391 e. The number of aliphatic hydroxyl groups is 1. The summed E-state index contributed by atoms with van der Waals surface area (Å²) < 4.78 is 0. The monoisotopic (exact) mass is 243 g/mol. The number of nitrogens with one attached hydrogen (secondary N) is 1. The van der Waals surface area contributed by atoms with Gasteiger partial charge in [0, 0.05) is 12.5 Å². The molecule has 4 rings (SSSR count). The average Bonchev–Trinajstić information content (AvgIpc) is 3.25. The van der Waals surface area contributed by atoms with E-state index in [9.17, 15) is 5.11 Å². The second kappa shape index (κ2) is 4.07. The molecule has 0 aliphatic heterocycles. The van der Waals surface area contributed by atoms with E-state index in [4.69, 9.17) is 0 Å². The van der Waals surface area contributed by atoms with Crippen LogP contribution in [0, 0.1) is 11.8 Å². The van der Waals surface area contributed by atoms with Gasteiger partial charge in [0.1, 0.15) is 0 Å². The van der Waals surface area contributed by atoms with Gasteiger partial charge < -0.3 is 10.4 Å². The molecule has 0 unspecified atom stereocenters. The summed E-state index contributed by atoms with van der Waals surface area (Å²) in [5.74, 6) is 1.77. The van der Waals surface area contributed by atoms with Crippen molar-refractivity contribution in [1.82, 2.24) is 5.32 Å². The molecule has 96 valence electrons. The summed E-state index contributed by atoms with van der Waals surface area (Å²) >= 11 is 0. The van der Waals surface area contributed by atoms with Crippen LogP contribution in [-0.4, -0.2) is 17.3 Å². The molecule has 3 aliphatic carbocycles. The quantitative estimate of drug-likeness (QED) is 0.851. The van der Waals surface area contributed by atoms with Crippen molar-refractivity contribution in [2.24, 2.45) is 11.8 Å². The highest BCUT2D eigenvalue weighted by atomic mass is 16.3. The molecule has 2 fully saturated rings. The molecular weight excluding hydrogens is 222 g/mol. The Labute approximate surface area is 108 Å². The normalized spacial score (nSPS) is 30.8. The van der Waals surface area contributed by atoms with Crippen LogP contribution in [0.15, 0.2) is 24.3 Å². The molecule has 0 saturated heterocycles. The summed E-state index contributed by atoms with van der Waals surface area (Å²) in [7, 11) is 0. The lowest BCUT2D eigenvalue weighted by molar-refractivity contribution is 0.130. The summed E-state index contributed by atoms with van der Waals surface area (Å²) in [5.41, 5.74) is 2.66. The fraction of sp³-hybridized carbons (Fsp3) is 0.625. The van der Waals surface area contributed by atoms with E-state index < -0.39 is 0 Å². The molecular formula is C16H21NO. The molecule has 0 bridgehead atoms. The van der Waals surface area contributed by atoms with Gasteiger partial charge in [0.05, 0.1) is 12.1 Å². The van der Waals surface area contributed by atoms with Gasteiger partial charge in [-0.3, -0.25) is 0 Å². The van der Waals surface area contributed by atoms with Gasteiger partial charge in [0.2, 0.25) is 0 Å². The highest BCUT2D eigenvalue weighted by Gasteiger charge is 2.44. The van der Waals surface area contributed by atoms with Crippen molar-refractivity contribution in [2.75, 3.05) is 0 Å². The maximum absolute atomic E-state index is 10.3. The lowest BCUT2D eigenvalue weighted by Gasteiger charge is -2.26. The Morgan fingerprint density at radius 1 is 1.06 bits per heavy atom. The highest BCUT2D eigenvalue weighted by Crippen LogP contribution is 2.46. The maximum atomic E-state index is 10.3. The molecule has 0 spiro atoms. The van der Waals surface area contributed by atoms with Crippen LogP contribution < -0.4 is 5.32 Å². The predicted molar refractivity (Wildman–Crippen MR) is 71.3 cm³/mol. The number of hydrogen-bond acceptors (Lipinski definition) is 2. The van der Waals surface area contributed by atoms with Gasteiger partial charge in [-0.1, -0.05) is 24.3 Å². The van der Waals surface area contributed by atoms with Crippen LogP contribution in [0.2, 0.25) is 0 Å². The van der Waals surface area contributed by atoms with Crippen LogP contribution in [0.4, 0.5) is 0 Å². The molecule has 1 aromatic rings. The van der Waals surface area contributed by atoms with Crippen LogP contribution in [0.5, 0.6) is 0 Å². The topological polar surface area (TPSA) is 32.3 Å². The van der Waals surface area contributed by atoms with Gasteiger partial charge in [0.15, 0.2) is 0 Å². The minimum atomic E-state index is -0.234. The smallest absolute Gasteiger partial charge is 0.0775 e. The molecule has 2 heteroatoms. The third kappa shape index (κ3) is 1.88. The summed E-state index contributed by atoms with van der Waals surface area (Å²) in [6, 6.07) is 9.34. The Kier molecular flexibility index (Phi) is 2.49. The average molecular weight is 243 g/mol. The van der Waals surface area contributed by atoms with Crippen molar-refractivity contribution in [3.05, 3.63) is 35.4 Å². The SMILES string of the molecule is O[C@H]1Cc2ccccc2[C@H]1NC(C1CC1)C1CC1. The van der Waals surface area contributed by atoms with E-state index in [2.05, 4.69) is 29.6 Å². The lowest BCUT2D eigenvalue weighted by atomic mass is 10.0. The van der Waals surface area contributed by atoms with Crippen molar-refractivity contribution < 1.29 is 5.11 Å². The van der Waals surface area contributed by atoms with Gasteiger partial charge in [-0.25, -0.2) is 0 Å². The predicted octanol–water partition coefficient (Wildman–Crippen LogP) is 2.42. The minimum Gasteiger partial charge on any atom is -0.391 e. The first-order valence-electron chi connectivity index (χ1n) is 7.35. The van der Waals surface area contributed by atoms with E-state index in [1.807, 2.05) is 0 Å². The van der Waals surface area contributed by atoms with E-state index in [0.717, 1.165) is 18.3 Å². The first-order chi connectivity index (χ1) is 8.83. The number of rotatable bonds is 4. The first kappa shape index (κ1) is 11.0. The van der Waals surface area contributed by atoms with Crippen LogP contribution in [0.3, 0.4) is 0 Å². The summed E-state index contributed by atoms with van der Waals surface area (Å²) in [6.45, 7) is 0. The lowest BCUT2D eigenvalue weighted by Crippen LogP contribution is -2.39. The second-order valence-corrected chi connectivity index (χ2v) is 6.32. The summed E-state index contributed by atoms with van der Waals surface area (Å²) in [4.78, 5) is 0. The molecule has 0 amide bonds. The van der Waals surface area contributed by atoms with Crippen LogP contribution in [0.25, 0.3) is 0 Å². The Balaban J connectivity index is 1.56.